The fourth-order valence-electron chi connectivity index (χ4n) is 2.54. The molecular formula is C15H24N2. The molecule has 0 aromatic heterocycles. The van der Waals surface area contributed by atoms with Crippen molar-refractivity contribution >= 4 is 0 Å². The van der Waals surface area contributed by atoms with Crippen LogP contribution in [-0.4, -0.2) is 37.6 Å². The van der Waals surface area contributed by atoms with Gasteiger partial charge in [-0.1, -0.05) is 36.8 Å². The van der Waals surface area contributed by atoms with Gasteiger partial charge in [0.05, 0.1) is 0 Å². The SMILES string of the molecule is Cc1cccc(CCN2CCNCC(C)C2)c1. The predicted molar refractivity (Wildman–Crippen MR) is 73.4 cm³/mol. The van der Waals surface area contributed by atoms with E-state index in [4.69, 9.17) is 0 Å². The first kappa shape index (κ1) is 12.6. The van der Waals surface area contributed by atoms with E-state index in [1.807, 2.05) is 0 Å². The minimum atomic E-state index is 0.773. The van der Waals surface area contributed by atoms with E-state index in [-0.39, 0.29) is 0 Å². The van der Waals surface area contributed by atoms with Gasteiger partial charge in [0.1, 0.15) is 0 Å². The van der Waals surface area contributed by atoms with Crippen LogP contribution in [0.5, 0.6) is 0 Å². The fourth-order valence-corrected chi connectivity index (χ4v) is 2.54. The summed E-state index contributed by atoms with van der Waals surface area (Å²) in [6.45, 7) is 10.4. The first-order valence-corrected chi connectivity index (χ1v) is 6.72. The summed E-state index contributed by atoms with van der Waals surface area (Å²) < 4.78 is 0. The third-order valence-electron chi connectivity index (χ3n) is 3.47. The molecule has 0 bridgehead atoms. The molecule has 1 aromatic carbocycles. The Balaban J connectivity index is 1.84. The lowest BCUT2D eigenvalue weighted by Gasteiger charge is -2.21. The van der Waals surface area contributed by atoms with E-state index in [2.05, 4.69) is 48.3 Å². The quantitative estimate of drug-likeness (QED) is 0.858. The van der Waals surface area contributed by atoms with Crippen LogP contribution in [0.1, 0.15) is 18.1 Å². The Morgan fingerprint density at radius 2 is 2.29 bits per heavy atom. The zero-order chi connectivity index (χ0) is 12.1. The average molecular weight is 232 g/mol. The van der Waals surface area contributed by atoms with Gasteiger partial charge in [-0.25, -0.2) is 0 Å². The highest BCUT2D eigenvalue weighted by Gasteiger charge is 2.13. The van der Waals surface area contributed by atoms with Gasteiger partial charge in [0, 0.05) is 26.2 Å². The molecule has 17 heavy (non-hydrogen) atoms. The molecule has 0 radical (unpaired) electrons. The largest absolute Gasteiger partial charge is 0.315 e. The van der Waals surface area contributed by atoms with Crippen molar-refractivity contribution in [2.75, 3.05) is 32.7 Å². The summed E-state index contributed by atoms with van der Waals surface area (Å²) in [5, 5.41) is 3.49. The van der Waals surface area contributed by atoms with Crippen LogP contribution in [0.3, 0.4) is 0 Å². The maximum Gasteiger partial charge on any atom is 0.0107 e. The number of hydrogen-bond donors (Lipinski definition) is 1. The third kappa shape index (κ3) is 4.14. The van der Waals surface area contributed by atoms with Crippen molar-refractivity contribution in [2.24, 2.45) is 5.92 Å². The highest BCUT2D eigenvalue weighted by molar-refractivity contribution is 5.22. The van der Waals surface area contributed by atoms with E-state index in [1.54, 1.807) is 0 Å². The van der Waals surface area contributed by atoms with E-state index in [0.29, 0.717) is 0 Å². The topological polar surface area (TPSA) is 15.3 Å². The number of benzene rings is 1. The molecule has 1 fully saturated rings. The van der Waals surface area contributed by atoms with Crippen LogP contribution in [0.25, 0.3) is 0 Å². The van der Waals surface area contributed by atoms with Crippen molar-refractivity contribution in [1.82, 2.24) is 10.2 Å². The summed E-state index contributed by atoms with van der Waals surface area (Å²) >= 11 is 0. The van der Waals surface area contributed by atoms with Gasteiger partial charge in [-0.3, -0.25) is 0 Å². The summed E-state index contributed by atoms with van der Waals surface area (Å²) in [5.41, 5.74) is 2.84. The fraction of sp³-hybridized carbons (Fsp3) is 0.600. The molecule has 0 spiro atoms. The van der Waals surface area contributed by atoms with Crippen LogP contribution in [0, 0.1) is 12.8 Å². The maximum atomic E-state index is 3.49. The molecule has 1 atom stereocenters. The van der Waals surface area contributed by atoms with E-state index in [0.717, 1.165) is 12.5 Å². The molecule has 1 aromatic rings. The molecule has 1 aliphatic heterocycles. The van der Waals surface area contributed by atoms with Gasteiger partial charge in [0.2, 0.25) is 0 Å². The van der Waals surface area contributed by atoms with Crippen molar-refractivity contribution < 1.29 is 0 Å². The van der Waals surface area contributed by atoms with Gasteiger partial charge in [-0.05, 0) is 31.4 Å². The van der Waals surface area contributed by atoms with Gasteiger partial charge in [-0.2, -0.15) is 0 Å². The highest BCUT2D eigenvalue weighted by atomic mass is 15.2. The Morgan fingerprint density at radius 3 is 3.12 bits per heavy atom. The Kier molecular flexibility index (Phi) is 4.57. The van der Waals surface area contributed by atoms with Crippen molar-refractivity contribution in [3.8, 4) is 0 Å². The smallest absolute Gasteiger partial charge is 0.0107 e. The summed E-state index contributed by atoms with van der Waals surface area (Å²) in [5.74, 6) is 0.773. The van der Waals surface area contributed by atoms with Crippen molar-refractivity contribution in [3.63, 3.8) is 0 Å². The number of hydrogen-bond acceptors (Lipinski definition) is 2. The highest BCUT2D eigenvalue weighted by Crippen LogP contribution is 2.08. The maximum absolute atomic E-state index is 3.49. The normalized spacial score (nSPS) is 22.4. The first-order chi connectivity index (χ1) is 8.24. The van der Waals surface area contributed by atoms with E-state index in [9.17, 15) is 0 Å². The Hall–Kier alpha value is -0.860. The second-order valence-electron chi connectivity index (χ2n) is 5.35. The van der Waals surface area contributed by atoms with Crippen molar-refractivity contribution in [2.45, 2.75) is 20.3 Å². The minimum absolute atomic E-state index is 0.773. The number of nitrogens with one attached hydrogen (secondary N) is 1. The number of aryl methyl sites for hydroxylation is 1. The van der Waals surface area contributed by atoms with Crippen LogP contribution in [0.15, 0.2) is 24.3 Å². The van der Waals surface area contributed by atoms with Gasteiger partial charge in [-0.15, -0.1) is 0 Å². The monoisotopic (exact) mass is 232 g/mol. The molecule has 1 unspecified atom stereocenters. The van der Waals surface area contributed by atoms with Gasteiger partial charge in [0.25, 0.3) is 0 Å². The Bertz CT molecular complexity index is 349. The van der Waals surface area contributed by atoms with Crippen molar-refractivity contribution in [3.05, 3.63) is 35.4 Å². The second kappa shape index (κ2) is 6.18. The summed E-state index contributed by atoms with van der Waals surface area (Å²) in [7, 11) is 0. The Morgan fingerprint density at radius 1 is 1.41 bits per heavy atom. The van der Waals surface area contributed by atoms with Crippen LogP contribution >= 0.6 is 0 Å². The number of rotatable bonds is 3. The lowest BCUT2D eigenvalue weighted by molar-refractivity contribution is 0.268. The lowest BCUT2D eigenvalue weighted by Crippen LogP contribution is -2.31. The molecule has 0 amide bonds. The summed E-state index contributed by atoms with van der Waals surface area (Å²) in [6.07, 6.45) is 1.17. The predicted octanol–water partition coefficient (Wildman–Crippen LogP) is 2.08. The van der Waals surface area contributed by atoms with E-state index >= 15 is 0 Å². The van der Waals surface area contributed by atoms with Crippen molar-refractivity contribution in [1.29, 1.82) is 0 Å². The Labute approximate surface area is 105 Å². The second-order valence-corrected chi connectivity index (χ2v) is 5.35. The molecule has 94 valence electrons. The molecule has 0 saturated carbocycles. The van der Waals surface area contributed by atoms with Crippen LogP contribution in [0.4, 0.5) is 0 Å². The molecular weight excluding hydrogens is 208 g/mol. The molecule has 1 aliphatic rings. The van der Waals surface area contributed by atoms with Crippen LogP contribution < -0.4 is 5.32 Å². The minimum Gasteiger partial charge on any atom is -0.315 e. The lowest BCUT2D eigenvalue weighted by atomic mass is 10.1. The zero-order valence-corrected chi connectivity index (χ0v) is 11.1. The van der Waals surface area contributed by atoms with Crippen LogP contribution in [0.2, 0.25) is 0 Å². The summed E-state index contributed by atoms with van der Waals surface area (Å²) in [6, 6.07) is 8.88. The van der Waals surface area contributed by atoms with E-state index < -0.39 is 0 Å². The molecule has 0 aliphatic carbocycles. The molecule has 1 N–H and O–H groups in total. The molecule has 1 saturated heterocycles. The van der Waals surface area contributed by atoms with Gasteiger partial charge >= 0.3 is 0 Å². The zero-order valence-electron chi connectivity index (χ0n) is 11.1. The molecule has 2 nitrogen and oxygen atoms in total. The van der Waals surface area contributed by atoms with Crippen LogP contribution in [-0.2, 0) is 6.42 Å². The number of nitrogens with zero attached hydrogens (tertiary/aromatic N) is 1. The first-order valence-electron chi connectivity index (χ1n) is 6.72. The van der Waals surface area contributed by atoms with Gasteiger partial charge < -0.3 is 10.2 Å². The molecule has 1 heterocycles. The third-order valence-corrected chi connectivity index (χ3v) is 3.47. The van der Waals surface area contributed by atoms with E-state index in [1.165, 1.54) is 43.7 Å². The summed E-state index contributed by atoms with van der Waals surface area (Å²) in [4.78, 5) is 2.59. The standard InChI is InChI=1S/C15H24N2/c1-13-4-3-5-15(10-13)6-8-17-9-7-16-11-14(2)12-17/h3-5,10,14,16H,6-9,11-12H2,1-2H3. The average Bonchev–Trinajstić information content (AvgIpc) is 2.51. The molecule has 2 rings (SSSR count). The molecule has 2 heteroatoms. The van der Waals surface area contributed by atoms with Gasteiger partial charge in [0.15, 0.2) is 0 Å².